The molecule has 2 rings (SSSR count). The molecule has 2 aromatic rings. The minimum atomic E-state index is -0.163. The van der Waals surface area contributed by atoms with Crippen molar-refractivity contribution in [3.8, 4) is 5.75 Å². The van der Waals surface area contributed by atoms with Crippen LogP contribution in [0.4, 0.5) is 5.69 Å². The van der Waals surface area contributed by atoms with Gasteiger partial charge in [0.2, 0.25) is 0 Å². The van der Waals surface area contributed by atoms with Gasteiger partial charge in [-0.05, 0) is 39.8 Å². The predicted molar refractivity (Wildman–Crippen MR) is 84.0 cm³/mol. The van der Waals surface area contributed by atoms with Crippen LogP contribution in [0.5, 0.6) is 5.75 Å². The fourth-order valence-electron chi connectivity index (χ4n) is 2.42. The van der Waals surface area contributed by atoms with E-state index in [1.54, 1.807) is 6.92 Å². The third-order valence-electron chi connectivity index (χ3n) is 3.26. The van der Waals surface area contributed by atoms with E-state index in [4.69, 9.17) is 4.74 Å². The number of para-hydroxylation sites is 2. The van der Waals surface area contributed by atoms with E-state index in [0.717, 1.165) is 17.1 Å². The van der Waals surface area contributed by atoms with E-state index in [9.17, 15) is 4.79 Å². The number of ether oxygens (including phenoxy) is 1. The van der Waals surface area contributed by atoms with E-state index in [-0.39, 0.29) is 11.6 Å². The Kier molecular flexibility index (Phi) is 4.62. The summed E-state index contributed by atoms with van der Waals surface area (Å²) in [6, 6.07) is 7.53. The average molecular weight is 287 g/mol. The molecule has 0 radical (unpaired) electrons. The van der Waals surface area contributed by atoms with Crippen LogP contribution < -0.4 is 15.6 Å². The first-order valence-electron chi connectivity index (χ1n) is 7.08. The van der Waals surface area contributed by atoms with Crippen LogP contribution in [0.3, 0.4) is 0 Å². The Hall–Kier alpha value is -2.30. The molecule has 0 amide bonds. The maximum atomic E-state index is 12.1. The molecular formula is C16H21N3O2. The van der Waals surface area contributed by atoms with Gasteiger partial charge in [-0.2, -0.15) is 0 Å². The van der Waals surface area contributed by atoms with E-state index in [1.165, 1.54) is 0 Å². The standard InChI is InChI=1S/C16H21N3O2/c1-5-21-14-9-7-6-8-13(14)18-11(3)15-10(2)17-12(4)19-16(15)20/h6-9,11,18H,5H2,1-4H3,(H,17,19,20). The second-order valence-corrected chi connectivity index (χ2v) is 4.95. The Balaban J connectivity index is 2.31. The molecule has 5 heteroatoms. The second-order valence-electron chi connectivity index (χ2n) is 4.95. The molecule has 0 bridgehead atoms. The Bertz CT molecular complexity index is 679. The molecule has 1 aromatic heterocycles. The monoisotopic (exact) mass is 287 g/mol. The number of hydrogen-bond acceptors (Lipinski definition) is 4. The summed E-state index contributed by atoms with van der Waals surface area (Å²) < 4.78 is 5.59. The van der Waals surface area contributed by atoms with Crippen molar-refractivity contribution in [1.82, 2.24) is 9.97 Å². The van der Waals surface area contributed by atoms with Crippen molar-refractivity contribution >= 4 is 5.69 Å². The van der Waals surface area contributed by atoms with Crippen LogP contribution in [0.25, 0.3) is 0 Å². The van der Waals surface area contributed by atoms with Crippen molar-refractivity contribution in [2.24, 2.45) is 0 Å². The number of nitrogens with zero attached hydrogens (tertiary/aromatic N) is 1. The minimum absolute atomic E-state index is 0.103. The van der Waals surface area contributed by atoms with E-state index < -0.39 is 0 Å². The van der Waals surface area contributed by atoms with E-state index in [1.807, 2.05) is 45.0 Å². The number of H-pyrrole nitrogens is 1. The summed E-state index contributed by atoms with van der Waals surface area (Å²) in [6.45, 7) is 8.11. The molecule has 0 fully saturated rings. The molecule has 1 heterocycles. The van der Waals surface area contributed by atoms with Crippen molar-refractivity contribution in [2.75, 3.05) is 11.9 Å². The molecule has 0 aliphatic rings. The van der Waals surface area contributed by atoms with Crippen molar-refractivity contribution in [3.63, 3.8) is 0 Å². The maximum Gasteiger partial charge on any atom is 0.256 e. The minimum Gasteiger partial charge on any atom is -0.492 e. The van der Waals surface area contributed by atoms with Gasteiger partial charge in [0, 0.05) is 0 Å². The van der Waals surface area contributed by atoms with Gasteiger partial charge in [-0.1, -0.05) is 12.1 Å². The fourth-order valence-corrected chi connectivity index (χ4v) is 2.42. The highest BCUT2D eigenvalue weighted by Crippen LogP contribution is 2.27. The van der Waals surface area contributed by atoms with E-state index >= 15 is 0 Å². The van der Waals surface area contributed by atoms with Crippen LogP contribution in [0.2, 0.25) is 0 Å². The van der Waals surface area contributed by atoms with Gasteiger partial charge in [-0.25, -0.2) is 4.98 Å². The van der Waals surface area contributed by atoms with Gasteiger partial charge in [-0.15, -0.1) is 0 Å². The largest absolute Gasteiger partial charge is 0.492 e. The molecule has 0 aliphatic carbocycles. The Morgan fingerprint density at radius 2 is 2.05 bits per heavy atom. The molecule has 5 nitrogen and oxygen atoms in total. The van der Waals surface area contributed by atoms with E-state index in [0.29, 0.717) is 18.0 Å². The number of benzene rings is 1. The van der Waals surface area contributed by atoms with Gasteiger partial charge in [0.15, 0.2) is 0 Å². The molecule has 0 saturated heterocycles. The highest BCUT2D eigenvalue weighted by atomic mass is 16.5. The third kappa shape index (κ3) is 3.42. The Morgan fingerprint density at radius 1 is 1.33 bits per heavy atom. The Morgan fingerprint density at radius 3 is 2.71 bits per heavy atom. The van der Waals surface area contributed by atoms with Gasteiger partial charge in [0.1, 0.15) is 11.6 Å². The third-order valence-corrected chi connectivity index (χ3v) is 3.26. The highest BCUT2D eigenvalue weighted by molar-refractivity contribution is 5.57. The van der Waals surface area contributed by atoms with Gasteiger partial charge in [0.05, 0.1) is 29.6 Å². The lowest BCUT2D eigenvalue weighted by Crippen LogP contribution is -2.23. The van der Waals surface area contributed by atoms with Crippen LogP contribution >= 0.6 is 0 Å². The lowest BCUT2D eigenvalue weighted by molar-refractivity contribution is 0.341. The van der Waals surface area contributed by atoms with Crippen LogP contribution in [0.15, 0.2) is 29.1 Å². The maximum absolute atomic E-state index is 12.1. The van der Waals surface area contributed by atoms with Crippen LogP contribution in [0, 0.1) is 13.8 Å². The van der Waals surface area contributed by atoms with Crippen molar-refractivity contribution in [2.45, 2.75) is 33.7 Å². The molecule has 1 unspecified atom stereocenters. The SMILES string of the molecule is CCOc1ccccc1NC(C)c1c(C)nc(C)[nH]c1=O. The molecule has 0 spiro atoms. The first-order chi connectivity index (χ1) is 10.0. The number of hydrogen-bond donors (Lipinski definition) is 2. The number of aromatic nitrogens is 2. The van der Waals surface area contributed by atoms with Crippen LogP contribution in [-0.4, -0.2) is 16.6 Å². The lowest BCUT2D eigenvalue weighted by atomic mass is 10.1. The summed E-state index contributed by atoms with van der Waals surface area (Å²) in [4.78, 5) is 19.2. The molecular weight excluding hydrogens is 266 g/mol. The second kappa shape index (κ2) is 6.43. The molecule has 0 aliphatic heterocycles. The van der Waals surface area contributed by atoms with Gasteiger partial charge >= 0.3 is 0 Å². The van der Waals surface area contributed by atoms with Crippen molar-refractivity contribution in [1.29, 1.82) is 0 Å². The number of aromatic amines is 1. The van der Waals surface area contributed by atoms with Crippen LogP contribution in [-0.2, 0) is 0 Å². The summed E-state index contributed by atoms with van der Waals surface area (Å²) in [5, 5.41) is 3.33. The summed E-state index contributed by atoms with van der Waals surface area (Å²) in [6.07, 6.45) is 0. The fraction of sp³-hybridized carbons (Fsp3) is 0.375. The zero-order valence-electron chi connectivity index (χ0n) is 12.9. The highest BCUT2D eigenvalue weighted by Gasteiger charge is 2.16. The molecule has 2 N–H and O–H groups in total. The number of aryl methyl sites for hydroxylation is 2. The average Bonchev–Trinajstić information content (AvgIpc) is 2.40. The number of anilines is 1. The van der Waals surface area contributed by atoms with Crippen LogP contribution in [0.1, 0.15) is 37.0 Å². The van der Waals surface area contributed by atoms with E-state index in [2.05, 4.69) is 15.3 Å². The lowest BCUT2D eigenvalue weighted by Gasteiger charge is -2.19. The molecule has 0 saturated carbocycles. The first-order valence-corrected chi connectivity index (χ1v) is 7.08. The van der Waals surface area contributed by atoms with Crippen molar-refractivity contribution < 1.29 is 4.74 Å². The molecule has 112 valence electrons. The van der Waals surface area contributed by atoms with Crippen molar-refractivity contribution in [3.05, 3.63) is 51.7 Å². The Labute approximate surface area is 124 Å². The summed E-state index contributed by atoms with van der Waals surface area (Å²) in [5.41, 5.74) is 2.15. The zero-order chi connectivity index (χ0) is 15.4. The number of nitrogens with one attached hydrogen (secondary N) is 2. The van der Waals surface area contributed by atoms with Gasteiger partial charge < -0.3 is 15.0 Å². The summed E-state index contributed by atoms with van der Waals surface area (Å²) in [7, 11) is 0. The smallest absolute Gasteiger partial charge is 0.256 e. The molecule has 21 heavy (non-hydrogen) atoms. The molecule has 1 aromatic carbocycles. The zero-order valence-corrected chi connectivity index (χ0v) is 12.9. The topological polar surface area (TPSA) is 67.0 Å². The van der Waals surface area contributed by atoms with Gasteiger partial charge in [-0.3, -0.25) is 4.79 Å². The molecule has 1 atom stereocenters. The predicted octanol–water partition coefficient (Wildman–Crippen LogP) is 2.96. The van der Waals surface area contributed by atoms with Gasteiger partial charge in [0.25, 0.3) is 5.56 Å². The number of rotatable bonds is 5. The quantitative estimate of drug-likeness (QED) is 0.887. The first kappa shape index (κ1) is 15.1. The summed E-state index contributed by atoms with van der Waals surface area (Å²) in [5.74, 6) is 1.41. The normalized spacial score (nSPS) is 12.0. The summed E-state index contributed by atoms with van der Waals surface area (Å²) >= 11 is 0.